The zero-order valence-corrected chi connectivity index (χ0v) is 12.4. The van der Waals surface area contributed by atoms with Crippen LogP contribution in [0.25, 0.3) is 11.0 Å². The zero-order valence-electron chi connectivity index (χ0n) is 11.7. The summed E-state index contributed by atoms with van der Waals surface area (Å²) in [6.07, 6.45) is 0. The van der Waals surface area contributed by atoms with E-state index < -0.39 is 11.6 Å². The van der Waals surface area contributed by atoms with Crippen LogP contribution in [0.3, 0.4) is 0 Å². The molecule has 0 saturated heterocycles. The molecule has 20 heavy (non-hydrogen) atoms. The molecule has 0 spiro atoms. The summed E-state index contributed by atoms with van der Waals surface area (Å²) in [4.78, 5) is 4.31. The SMILES string of the molecule is COCC(C)Cn1c(C(C)Cl)nc2ccc(F)c(F)c21. The number of fused-ring (bicyclic) bond motifs is 1. The van der Waals surface area contributed by atoms with Gasteiger partial charge < -0.3 is 9.30 Å². The molecule has 0 fully saturated rings. The predicted octanol–water partition coefficient (Wildman–Crippen LogP) is 3.90. The van der Waals surface area contributed by atoms with Gasteiger partial charge in [0.1, 0.15) is 11.3 Å². The van der Waals surface area contributed by atoms with Gasteiger partial charge in [-0.2, -0.15) is 0 Å². The highest BCUT2D eigenvalue weighted by Crippen LogP contribution is 2.28. The molecule has 3 nitrogen and oxygen atoms in total. The van der Waals surface area contributed by atoms with E-state index in [2.05, 4.69) is 4.98 Å². The van der Waals surface area contributed by atoms with Crippen molar-refractivity contribution in [1.29, 1.82) is 0 Å². The number of imidazole rings is 1. The van der Waals surface area contributed by atoms with Gasteiger partial charge >= 0.3 is 0 Å². The van der Waals surface area contributed by atoms with Crippen LogP contribution in [0.4, 0.5) is 8.78 Å². The largest absolute Gasteiger partial charge is 0.384 e. The van der Waals surface area contributed by atoms with Crippen LogP contribution in [0.2, 0.25) is 0 Å². The van der Waals surface area contributed by atoms with Crippen LogP contribution in [-0.4, -0.2) is 23.3 Å². The van der Waals surface area contributed by atoms with Crippen molar-refractivity contribution in [2.75, 3.05) is 13.7 Å². The highest BCUT2D eigenvalue weighted by atomic mass is 35.5. The van der Waals surface area contributed by atoms with E-state index in [0.717, 1.165) is 6.07 Å². The Morgan fingerprint density at radius 3 is 2.65 bits per heavy atom. The Kier molecular flexibility index (Phi) is 4.60. The molecule has 2 rings (SSSR count). The molecule has 1 heterocycles. The molecule has 2 unspecified atom stereocenters. The Labute approximate surface area is 121 Å². The van der Waals surface area contributed by atoms with Crippen molar-refractivity contribution in [3.63, 3.8) is 0 Å². The molecule has 2 aromatic rings. The van der Waals surface area contributed by atoms with E-state index in [0.29, 0.717) is 24.5 Å². The monoisotopic (exact) mass is 302 g/mol. The van der Waals surface area contributed by atoms with E-state index in [-0.39, 0.29) is 16.8 Å². The van der Waals surface area contributed by atoms with Crippen molar-refractivity contribution in [1.82, 2.24) is 9.55 Å². The fourth-order valence-electron chi connectivity index (χ4n) is 2.31. The first-order chi connectivity index (χ1) is 9.45. The molecule has 0 aliphatic heterocycles. The standard InChI is InChI=1S/C14H17ClF2N2O/c1-8(7-20-3)6-19-13-11(18-14(19)9(2)15)5-4-10(16)12(13)17/h4-5,8-9H,6-7H2,1-3H3. The normalized spacial score (nSPS) is 14.7. The van der Waals surface area contributed by atoms with Crippen molar-refractivity contribution in [2.24, 2.45) is 5.92 Å². The maximum atomic E-state index is 14.1. The lowest BCUT2D eigenvalue weighted by molar-refractivity contribution is 0.151. The number of aromatic nitrogens is 2. The Hall–Kier alpha value is -1.20. The second-order valence-corrected chi connectivity index (χ2v) is 5.64. The molecule has 0 aliphatic carbocycles. The Morgan fingerprint density at radius 2 is 2.05 bits per heavy atom. The molecular formula is C14H17ClF2N2O. The Balaban J connectivity index is 2.58. The Morgan fingerprint density at radius 1 is 1.35 bits per heavy atom. The van der Waals surface area contributed by atoms with Gasteiger partial charge in [-0.3, -0.25) is 0 Å². The molecule has 1 aromatic carbocycles. The lowest BCUT2D eigenvalue weighted by Gasteiger charge is -2.15. The fourth-order valence-corrected chi connectivity index (χ4v) is 2.48. The van der Waals surface area contributed by atoms with Gasteiger partial charge in [0.05, 0.1) is 17.5 Å². The number of ether oxygens (including phenoxy) is 1. The summed E-state index contributed by atoms with van der Waals surface area (Å²) in [6, 6.07) is 2.55. The molecule has 0 saturated carbocycles. The average molecular weight is 303 g/mol. The molecule has 110 valence electrons. The van der Waals surface area contributed by atoms with Gasteiger partial charge in [0.2, 0.25) is 0 Å². The Bertz CT molecular complexity index is 613. The van der Waals surface area contributed by atoms with Crippen molar-refractivity contribution in [3.05, 3.63) is 29.6 Å². The number of nitrogens with zero attached hydrogens (tertiary/aromatic N) is 2. The molecular weight excluding hydrogens is 286 g/mol. The first-order valence-electron chi connectivity index (χ1n) is 6.42. The number of halogens is 3. The molecule has 0 aliphatic rings. The van der Waals surface area contributed by atoms with Gasteiger partial charge in [-0.15, -0.1) is 11.6 Å². The third-order valence-corrected chi connectivity index (χ3v) is 3.33. The summed E-state index contributed by atoms with van der Waals surface area (Å²) in [5.41, 5.74) is 0.575. The van der Waals surface area contributed by atoms with Crippen LogP contribution in [0.15, 0.2) is 12.1 Å². The van der Waals surface area contributed by atoms with Crippen LogP contribution in [0.1, 0.15) is 25.0 Å². The van der Waals surface area contributed by atoms with E-state index in [1.165, 1.54) is 6.07 Å². The van der Waals surface area contributed by atoms with Gasteiger partial charge in [-0.05, 0) is 25.0 Å². The molecule has 1 aromatic heterocycles. The second kappa shape index (κ2) is 6.06. The lowest BCUT2D eigenvalue weighted by Crippen LogP contribution is -2.15. The summed E-state index contributed by atoms with van der Waals surface area (Å²) in [7, 11) is 1.61. The number of benzene rings is 1. The van der Waals surface area contributed by atoms with Gasteiger partial charge in [0, 0.05) is 13.7 Å². The minimum absolute atomic E-state index is 0.134. The fraction of sp³-hybridized carbons (Fsp3) is 0.500. The molecule has 2 atom stereocenters. The second-order valence-electron chi connectivity index (χ2n) is 4.99. The minimum Gasteiger partial charge on any atom is -0.384 e. The minimum atomic E-state index is -0.886. The van der Waals surface area contributed by atoms with Crippen LogP contribution in [-0.2, 0) is 11.3 Å². The highest BCUT2D eigenvalue weighted by Gasteiger charge is 2.21. The van der Waals surface area contributed by atoms with Gasteiger partial charge in [-0.1, -0.05) is 6.92 Å². The van der Waals surface area contributed by atoms with E-state index in [1.54, 1.807) is 18.6 Å². The van der Waals surface area contributed by atoms with Crippen molar-refractivity contribution >= 4 is 22.6 Å². The van der Waals surface area contributed by atoms with Crippen LogP contribution >= 0.6 is 11.6 Å². The van der Waals surface area contributed by atoms with Crippen molar-refractivity contribution in [3.8, 4) is 0 Å². The van der Waals surface area contributed by atoms with Crippen molar-refractivity contribution in [2.45, 2.75) is 25.8 Å². The first kappa shape index (κ1) is 15.2. The lowest BCUT2D eigenvalue weighted by atomic mass is 10.2. The van der Waals surface area contributed by atoms with Gasteiger partial charge in [0.25, 0.3) is 0 Å². The quantitative estimate of drug-likeness (QED) is 0.783. The number of hydrogen-bond acceptors (Lipinski definition) is 2. The van der Waals surface area contributed by atoms with Crippen LogP contribution in [0, 0.1) is 17.6 Å². The molecule has 6 heteroatoms. The van der Waals surface area contributed by atoms with Crippen LogP contribution < -0.4 is 0 Å². The zero-order chi connectivity index (χ0) is 14.9. The van der Waals surface area contributed by atoms with Gasteiger partial charge in [-0.25, -0.2) is 13.8 Å². The third kappa shape index (κ3) is 2.79. The maximum absolute atomic E-state index is 14.1. The molecule has 0 radical (unpaired) electrons. The summed E-state index contributed by atoms with van der Waals surface area (Å²) >= 11 is 6.10. The van der Waals surface area contributed by atoms with E-state index in [4.69, 9.17) is 16.3 Å². The summed E-state index contributed by atoms with van der Waals surface area (Å²) in [5.74, 6) is -1.10. The predicted molar refractivity (Wildman–Crippen MR) is 75.0 cm³/mol. The summed E-state index contributed by atoms with van der Waals surface area (Å²) < 4.78 is 34.2. The first-order valence-corrected chi connectivity index (χ1v) is 6.86. The van der Waals surface area contributed by atoms with E-state index in [1.807, 2.05) is 6.92 Å². The molecule has 0 amide bonds. The number of rotatable bonds is 5. The highest BCUT2D eigenvalue weighted by molar-refractivity contribution is 6.20. The molecule has 0 N–H and O–H groups in total. The summed E-state index contributed by atoms with van der Waals surface area (Å²) in [6.45, 7) is 4.72. The topological polar surface area (TPSA) is 27.1 Å². The maximum Gasteiger partial charge on any atom is 0.184 e. The van der Waals surface area contributed by atoms with Crippen LogP contribution in [0.5, 0.6) is 0 Å². The van der Waals surface area contributed by atoms with Gasteiger partial charge in [0.15, 0.2) is 11.6 Å². The number of hydrogen-bond donors (Lipinski definition) is 0. The smallest absolute Gasteiger partial charge is 0.184 e. The van der Waals surface area contributed by atoms with E-state index in [9.17, 15) is 8.78 Å². The number of alkyl halides is 1. The number of methoxy groups -OCH3 is 1. The average Bonchev–Trinajstić information content (AvgIpc) is 2.74. The van der Waals surface area contributed by atoms with E-state index >= 15 is 0 Å². The van der Waals surface area contributed by atoms with Crippen molar-refractivity contribution < 1.29 is 13.5 Å². The molecule has 0 bridgehead atoms. The third-order valence-electron chi connectivity index (χ3n) is 3.13. The summed E-state index contributed by atoms with van der Waals surface area (Å²) in [5, 5.41) is -0.389.